The minimum Gasteiger partial charge on any atom is -0.790 e. The lowest BCUT2D eigenvalue weighted by Crippen LogP contribution is -2.32. The molecule has 0 aromatic carbocycles. The van der Waals surface area contributed by atoms with Gasteiger partial charge in [-0.3, -0.25) is 4.57 Å². The zero-order valence-corrected chi connectivity index (χ0v) is 8.38. The lowest BCUT2D eigenvalue weighted by atomic mass is 10.4. The van der Waals surface area contributed by atoms with E-state index in [1.165, 1.54) is 0 Å². The molecule has 0 bridgehead atoms. The summed E-state index contributed by atoms with van der Waals surface area (Å²) in [6.45, 7) is -1.21. The summed E-state index contributed by atoms with van der Waals surface area (Å²) >= 11 is 0. The van der Waals surface area contributed by atoms with Gasteiger partial charge in [0.1, 0.15) is 6.10 Å². The number of phosphoric acid groups is 1. The maximum atomic E-state index is 10.3. The smallest absolute Gasteiger partial charge is 0.356 e. The number of aliphatic hydroxyl groups is 2. The Hall–Kier alpha value is 0.180. The van der Waals surface area contributed by atoms with Gasteiger partial charge in [-0.1, -0.05) is 0 Å². The highest BCUT2D eigenvalue weighted by molar-refractivity contribution is 7.52. The fourth-order valence-corrected chi connectivity index (χ4v) is 1.35. The number of hydrogen-bond donors (Lipinski definition) is 4. The third-order valence-electron chi connectivity index (χ3n) is 1.09. The van der Waals surface area contributed by atoms with Crippen molar-refractivity contribution in [1.82, 2.24) is 0 Å². The number of phosphoric ester groups is 1. The highest BCUT2D eigenvalue weighted by atomic mass is 31.2. The van der Waals surface area contributed by atoms with E-state index in [4.69, 9.17) is 20.0 Å². The standard InChI is InChI=1S/C3H10O9P2/c4-2(1-12-14(9,10)11)3(5)13(6,7)8/h2-5H,1H2,(H2,6,7,8)(H2,9,10,11)/p-2. The van der Waals surface area contributed by atoms with Crippen LogP contribution in [0.15, 0.2) is 0 Å². The van der Waals surface area contributed by atoms with E-state index in [1.807, 2.05) is 0 Å². The quantitative estimate of drug-likeness (QED) is 0.364. The molecule has 0 aromatic heterocycles. The first-order chi connectivity index (χ1) is 6.04. The number of rotatable bonds is 5. The Labute approximate surface area is 78.4 Å². The van der Waals surface area contributed by atoms with E-state index in [9.17, 15) is 18.9 Å². The Morgan fingerprint density at radius 2 is 1.64 bits per heavy atom. The molecule has 0 aliphatic carbocycles. The molecule has 11 heteroatoms. The molecule has 86 valence electrons. The van der Waals surface area contributed by atoms with Crippen molar-refractivity contribution in [1.29, 1.82) is 0 Å². The van der Waals surface area contributed by atoms with Crippen LogP contribution >= 0.6 is 15.4 Å². The van der Waals surface area contributed by atoms with Crippen molar-refractivity contribution in [3.8, 4) is 0 Å². The molecule has 0 saturated heterocycles. The lowest BCUT2D eigenvalue weighted by molar-refractivity contribution is -0.343. The minimum absolute atomic E-state index is 1.21. The van der Waals surface area contributed by atoms with Gasteiger partial charge in [-0.25, -0.2) is 0 Å². The van der Waals surface area contributed by atoms with Gasteiger partial charge in [0.15, 0.2) is 5.85 Å². The highest BCUT2D eigenvalue weighted by Crippen LogP contribution is 2.41. The van der Waals surface area contributed by atoms with Crippen molar-refractivity contribution in [3.63, 3.8) is 0 Å². The Bertz CT molecular complexity index is 263. The molecular weight excluding hydrogens is 242 g/mol. The lowest BCUT2D eigenvalue weighted by Gasteiger charge is -2.30. The molecule has 0 spiro atoms. The van der Waals surface area contributed by atoms with Gasteiger partial charge < -0.3 is 38.9 Å². The molecular formula is C3H8O9P2-2. The SMILES string of the molecule is O=P([O-])([O-])OCC(O)C(O)P(=O)(O)O. The van der Waals surface area contributed by atoms with Gasteiger partial charge in [-0.05, 0) is 0 Å². The van der Waals surface area contributed by atoms with Gasteiger partial charge in [0.2, 0.25) is 0 Å². The van der Waals surface area contributed by atoms with E-state index in [0.29, 0.717) is 0 Å². The minimum atomic E-state index is -5.34. The van der Waals surface area contributed by atoms with E-state index in [0.717, 1.165) is 0 Å². The number of aliphatic hydroxyl groups excluding tert-OH is 2. The predicted molar refractivity (Wildman–Crippen MR) is 37.6 cm³/mol. The van der Waals surface area contributed by atoms with Gasteiger partial charge in [-0.15, -0.1) is 0 Å². The molecule has 0 saturated carbocycles. The molecule has 0 aliphatic rings. The second-order valence-corrected chi connectivity index (χ2v) is 5.17. The van der Waals surface area contributed by atoms with Crippen molar-refractivity contribution >= 4 is 15.4 Å². The first-order valence-electron chi connectivity index (χ1n) is 3.12. The van der Waals surface area contributed by atoms with Crippen LogP contribution in [-0.4, -0.2) is 38.6 Å². The molecule has 2 atom stereocenters. The van der Waals surface area contributed by atoms with Crippen molar-refractivity contribution in [2.75, 3.05) is 6.61 Å². The third-order valence-corrected chi connectivity index (χ3v) is 2.59. The molecule has 0 aromatic rings. The summed E-state index contributed by atoms with van der Waals surface area (Å²) in [5.41, 5.74) is 0. The van der Waals surface area contributed by atoms with Crippen LogP contribution in [0.25, 0.3) is 0 Å². The summed E-state index contributed by atoms with van der Waals surface area (Å²) in [7, 11) is -10.3. The van der Waals surface area contributed by atoms with Crippen LogP contribution in [0, 0.1) is 0 Å². The molecule has 0 fully saturated rings. The van der Waals surface area contributed by atoms with Crippen LogP contribution < -0.4 is 9.79 Å². The zero-order valence-electron chi connectivity index (χ0n) is 6.59. The monoisotopic (exact) mass is 250 g/mol. The first kappa shape index (κ1) is 14.2. The fourth-order valence-electron chi connectivity index (χ4n) is 0.478. The van der Waals surface area contributed by atoms with E-state index in [-0.39, 0.29) is 0 Å². The molecule has 4 N–H and O–H groups in total. The summed E-state index contributed by atoms with van der Waals surface area (Å²) in [6.07, 6.45) is -2.16. The van der Waals surface area contributed by atoms with Crippen molar-refractivity contribution < 1.29 is 43.4 Å². The summed E-state index contributed by atoms with van der Waals surface area (Å²) in [4.78, 5) is 36.4. The van der Waals surface area contributed by atoms with Crippen LogP contribution in [-0.2, 0) is 13.7 Å². The molecule has 14 heavy (non-hydrogen) atoms. The number of hydrogen-bond acceptors (Lipinski definition) is 7. The second-order valence-electron chi connectivity index (χ2n) is 2.31. The molecule has 0 aliphatic heterocycles. The van der Waals surface area contributed by atoms with E-state index in [2.05, 4.69) is 4.52 Å². The average molecular weight is 250 g/mol. The molecule has 9 nitrogen and oxygen atoms in total. The molecule has 0 radical (unpaired) electrons. The average Bonchev–Trinajstić information content (AvgIpc) is 1.95. The maximum absolute atomic E-state index is 10.3. The predicted octanol–water partition coefficient (Wildman–Crippen LogP) is -3.31. The molecule has 0 rings (SSSR count). The largest absolute Gasteiger partial charge is 0.790 e. The zero-order chi connectivity index (χ0) is 11.6. The molecule has 2 unspecified atom stereocenters. The van der Waals surface area contributed by atoms with Crippen molar-refractivity contribution in [3.05, 3.63) is 0 Å². The summed E-state index contributed by atoms with van der Waals surface area (Å²) in [5, 5.41) is 17.4. The van der Waals surface area contributed by atoms with Crippen LogP contribution in [0.2, 0.25) is 0 Å². The summed E-state index contributed by atoms with van der Waals surface area (Å²) in [6, 6.07) is 0. The van der Waals surface area contributed by atoms with Gasteiger partial charge in [0.25, 0.3) is 0 Å². The van der Waals surface area contributed by atoms with Crippen molar-refractivity contribution in [2.45, 2.75) is 11.9 Å². The van der Waals surface area contributed by atoms with Gasteiger partial charge in [0, 0.05) is 0 Å². The topological polar surface area (TPSA) is 170 Å². The normalized spacial score (nSPS) is 17.9. The maximum Gasteiger partial charge on any atom is 0.356 e. The fraction of sp³-hybridized carbons (Fsp3) is 1.00. The van der Waals surface area contributed by atoms with Crippen LogP contribution in [0.1, 0.15) is 0 Å². The van der Waals surface area contributed by atoms with Crippen LogP contribution in [0.5, 0.6) is 0 Å². The third kappa shape index (κ3) is 5.82. The Morgan fingerprint density at radius 1 is 1.21 bits per heavy atom. The highest BCUT2D eigenvalue weighted by Gasteiger charge is 2.33. The molecule has 0 heterocycles. The Kier molecular flexibility index (Phi) is 4.86. The molecule has 0 amide bonds. The Morgan fingerprint density at radius 3 is 1.93 bits per heavy atom. The Balaban J connectivity index is 4.17. The van der Waals surface area contributed by atoms with Crippen LogP contribution in [0.3, 0.4) is 0 Å². The van der Waals surface area contributed by atoms with Gasteiger partial charge >= 0.3 is 7.60 Å². The van der Waals surface area contributed by atoms with Gasteiger partial charge in [0.05, 0.1) is 14.4 Å². The van der Waals surface area contributed by atoms with E-state index < -0.39 is 34.0 Å². The van der Waals surface area contributed by atoms with Crippen LogP contribution in [0.4, 0.5) is 0 Å². The van der Waals surface area contributed by atoms with Gasteiger partial charge in [-0.2, -0.15) is 0 Å². The summed E-state index contributed by atoms with van der Waals surface area (Å²) < 4.78 is 23.7. The second kappa shape index (κ2) is 4.80. The van der Waals surface area contributed by atoms with E-state index >= 15 is 0 Å². The summed E-state index contributed by atoms with van der Waals surface area (Å²) in [5.74, 6) is -2.49. The van der Waals surface area contributed by atoms with Crippen molar-refractivity contribution in [2.24, 2.45) is 0 Å². The van der Waals surface area contributed by atoms with E-state index in [1.54, 1.807) is 0 Å². The first-order valence-corrected chi connectivity index (χ1v) is 6.26.